The van der Waals surface area contributed by atoms with Crippen molar-refractivity contribution < 1.29 is 28.1 Å². The molecule has 58 heavy (non-hydrogen) atoms. The van der Waals surface area contributed by atoms with Crippen LogP contribution in [0.1, 0.15) is 41.1 Å². The number of imidazole rings is 2. The number of ether oxygens (including phenoxy) is 3. The Kier molecular flexibility index (Phi) is 12.8. The number of aromatic nitrogens is 6. The first-order chi connectivity index (χ1) is 28.0. The van der Waals surface area contributed by atoms with Gasteiger partial charge in [0.25, 0.3) is 0 Å². The fraction of sp³-hybridized carbons (Fsp3) is 0.364. The fourth-order valence-electron chi connectivity index (χ4n) is 7.62. The standard InChI is InChI=1S/C23H25ClFN3O2.C21H21ClFN3O2/c1-4-29-21-6-5-16(11-19(21)24)23-27-22(17-9-14(2)26-15(3)10-17)20-7-8-30-18(12-25)13-28(20)23;1-12-7-15(8-13(2)24-12)20-18-5-6-28-16(10-23)11-26(18)21(25-20)14-3-4-19(27)17(22)9-14/h5-6,9-11,18H,4,7-8,12-13H2,1-3H3;3-4,7-9,16,27H,5-6,10-11H2,1-2H3/t18-;16-/m11/s1. The number of hydrogen-bond acceptors (Lipinski definition) is 8. The van der Waals surface area contributed by atoms with E-state index >= 15 is 0 Å². The largest absolute Gasteiger partial charge is 0.506 e. The Morgan fingerprint density at radius 2 is 1.10 bits per heavy atom. The number of rotatable bonds is 8. The molecule has 0 fully saturated rings. The molecule has 0 spiro atoms. The number of aryl methyl sites for hydroxylation is 4. The summed E-state index contributed by atoms with van der Waals surface area (Å²) in [4.78, 5) is 18.8. The number of halogens is 4. The van der Waals surface area contributed by atoms with Crippen molar-refractivity contribution in [1.29, 1.82) is 0 Å². The number of pyridine rings is 2. The van der Waals surface area contributed by atoms with Crippen molar-refractivity contribution >= 4 is 23.2 Å². The van der Waals surface area contributed by atoms with Crippen molar-refractivity contribution in [3.8, 4) is 56.8 Å². The molecular weight excluding hydrogens is 785 g/mol. The predicted octanol–water partition coefficient (Wildman–Crippen LogP) is 9.69. The molecule has 2 atom stereocenters. The number of nitrogens with zero attached hydrogens (tertiary/aromatic N) is 6. The third kappa shape index (κ3) is 8.90. The molecule has 6 aromatic rings. The van der Waals surface area contributed by atoms with E-state index in [4.69, 9.17) is 47.4 Å². The molecular formula is C44H46Cl2F2N6O4. The van der Waals surface area contributed by atoms with E-state index in [1.54, 1.807) is 18.2 Å². The van der Waals surface area contributed by atoms with E-state index < -0.39 is 25.6 Å². The number of alkyl halides is 2. The highest BCUT2D eigenvalue weighted by Crippen LogP contribution is 2.37. The fourth-order valence-corrected chi connectivity index (χ4v) is 8.04. The highest BCUT2D eigenvalue weighted by Gasteiger charge is 2.28. The van der Waals surface area contributed by atoms with Crippen LogP contribution in [0.3, 0.4) is 0 Å². The smallest absolute Gasteiger partial charge is 0.141 e. The SMILES string of the molecule is CCOc1ccc(-c2nc(-c3cc(C)nc(C)c3)c3n2C[C@@H](CF)OCC3)cc1Cl.Cc1cc(-c2nc(-c3ccc(O)c(Cl)c3)n3c2CCO[C@H](CF)C3)cc(C)n1. The number of aromatic hydroxyl groups is 1. The van der Waals surface area contributed by atoms with Crippen molar-refractivity contribution in [3.63, 3.8) is 0 Å². The molecule has 10 nitrogen and oxygen atoms in total. The maximum absolute atomic E-state index is 13.5. The molecule has 2 aliphatic heterocycles. The average Bonchev–Trinajstić information content (AvgIpc) is 3.53. The Bertz CT molecular complexity index is 2400. The van der Waals surface area contributed by atoms with Crippen LogP contribution in [0.15, 0.2) is 60.7 Å². The molecule has 0 radical (unpaired) electrons. The highest BCUT2D eigenvalue weighted by atomic mass is 35.5. The lowest BCUT2D eigenvalue weighted by Crippen LogP contribution is -2.21. The summed E-state index contributed by atoms with van der Waals surface area (Å²) in [6, 6.07) is 18.7. The van der Waals surface area contributed by atoms with E-state index in [1.165, 1.54) is 0 Å². The van der Waals surface area contributed by atoms with Gasteiger partial charge in [-0.2, -0.15) is 0 Å². The number of benzene rings is 2. The van der Waals surface area contributed by atoms with Gasteiger partial charge in [-0.05, 0) is 95.3 Å². The third-order valence-electron chi connectivity index (χ3n) is 10.1. The quantitative estimate of drug-likeness (QED) is 0.162. The van der Waals surface area contributed by atoms with Gasteiger partial charge < -0.3 is 28.5 Å². The molecule has 14 heteroatoms. The number of fused-ring (bicyclic) bond motifs is 2. The Hall–Kier alpha value is -4.88. The molecule has 2 aliphatic rings. The summed E-state index contributed by atoms with van der Waals surface area (Å²) in [6.07, 6.45) is 0.274. The van der Waals surface area contributed by atoms with Gasteiger partial charge in [0.1, 0.15) is 48.7 Å². The number of phenolic OH excluding ortho intramolecular Hbond substituents is 1. The third-order valence-corrected chi connectivity index (χ3v) is 10.7. The van der Waals surface area contributed by atoms with Crippen LogP contribution in [-0.2, 0) is 35.4 Å². The van der Waals surface area contributed by atoms with Crippen LogP contribution in [0.2, 0.25) is 10.0 Å². The summed E-state index contributed by atoms with van der Waals surface area (Å²) in [7, 11) is 0. The molecule has 0 saturated heterocycles. The van der Waals surface area contributed by atoms with Gasteiger partial charge in [0.2, 0.25) is 0 Å². The predicted molar refractivity (Wildman–Crippen MR) is 222 cm³/mol. The first-order valence-electron chi connectivity index (χ1n) is 19.3. The summed E-state index contributed by atoms with van der Waals surface area (Å²) in [5.41, 5.74) is 11.1. The zero-order chi connectivity index (χ0) is 41.1. The number of phenols is 1. The molecule has 8 rings (SSSR count). The molecule has 4 aromatic heterocycles. The summed E-state index contributed by atoms with van der Waals surface area (Å²) in [6.45, 7) is 10.9. The Morgan fingerprint density at radius 3 is 1.52 bits per heavy atom. The van der Waals surface area contributed by atoms with E-state index in [-0.39, 0.29) is 10.8 Å². The summed E-state index contributed by atoms with van der Waals surface area (Å²) in [5, 5.41) is 10.5. The average molecular weight is 832 g/mol. The maximum atomic E-state index is 13.5. The minimum atomic E-state index is -0.559. The van der Waals surface area contributed by atoms with Gasteiger partial charge in [-0.3, -0.25) is 9.97 Å². The van der Waals surface area contributed by atoms with Gasteiger partial charge in [-0.1, -0.05) is 23.2 Å². The van der Waals surface area contributed by atoms with Gasteiger partial charge in [0.05, 0.1) is 54.3 Å². The summed E-state index contributed by atoms with van der Waals surface area (Å²) < 4.78 is 48.0. The van der Waals surface area contributed by atoms with Crippen molar-refractivity contribution in [1.82, 2.24) is 29.1 Å². The number of hydrogen-bond donors (Lipinski definition) is 1. The first-order valence-corrected chi connectivity index (χ1v) is 20.1. The Labute approximate surface area is 346 Å². The second kappa shape index (κ2) is 17.9. The molecule has 6 heterocycles. The van der Waals surface area contributed by atoms with Crippen molar-refractivity contribution in [2.75, 3.05) is 33.2 Å². The van der Waals surface area contributed by atoms with Crippen molar-refractivity contribution in [3.05, 3.63) is 105 Å². The minimum Gasteiger partial charge on any atom is -0.506 e. The lowest BCUT2D eigenvalue weighted by atomic mass is 10.1. The normalized spacial score (nSPS) is 16.4. The van der Waals surface area contributed by atoms with Crippen molar-refractivity contribution in [2.45, 2.75) is 72.8 Å². The van der Waals surface area contributed by atoms with Crippen LogP contribution in [0.4, 0.5) is 8.78 Å². The van der Waals surface area contributed by atoms with Gasteiger partial charge in [-0.15, -0.1) is 0 Å². The van der Waals surface area contributed by atoms with Crippen molar-refractivity contribution in [2.24, 2.45) is 0 Å². The van der Waals surface area contributed by atoms with Crippen LogP contribution in [0.5, 0.6) is 11.5 Å². The first kappa shape index (κ1) is 41.3. The summed E-state index contributed by atoms with van der Waals surface area (Å²) >= 11 is 12.6. The van der Waals surface area contributed by atoms with Gasteiger partial charge >= 0.3 is 0 Å². The van der Waals surface area contributed by atoms with Gasteiger partial charge in [0.15, 0.2) is 0 Å². The molecule has 0 saturated carbocycles. The van der Waals surface area contributed by atoms with E-state index in [0.29, 0.717) is 62.3 Å². The monoisotopic (exact) mass is 830 g/mol. The highest BCUT2D eigenvalue weighted by molar-refractivity contribution is 6.32. The Morgan fingerprint density at radius 1 is 0.655 bits per heavy atom. The molecule has 304 valence electrons. The Balaban J connectivity index is 0.000000177. The van der Waals surface area contributed by atoms with Crippen LogP contribution in [0.25, 0.3) is 45.3 Å². The molecule has 0 amide bonds. The lowest BCUT2D eigenvalue weighted by Gasteiger charge is -2.14. The topological polar surface area (TPSA) is 109 Å². The molecule has 0 aliphatic carbocycles. The zero-order valence-electron chi connectivity index (χ0n) is 33.2. The van der Waals surface area contributed by atoms with E-state index in [9.17, 15) is 13.9 Å². The molecule has 0 bridgehead atoms. The minimum absolute atomic E-state index is 0.0126. The molecule has 0 unspecified atom stereocenters. The second-order valence-corrected chi connectivity index (χ2v) is 15.3. The van der Waals surface area contributed by atoms with Crippen LogP contribution >= 0.6 is 23.2 Å². The van der Waals surface area contributed by atoms with E-state index in [0.717, 1.165) is 73.6 Å². The lowest BCUT2D eigenvalue weighted by molar-refractivity contribution is 0.0355. The molecule has 2 aromatic carbocycles. The summed E-state index contributed by atoms with van der Waals surface area (Å²) in [5.74, 6) is 2.08. The van der Waals surface area contributed by atoms with Crippen LogP contribution < -0.4 is 4.74 Å². The van der Waals surface area contributed by atoms with E-state index in [2.05, 4.69) is 14.5 Å². The van der Waals surface area contributed by atoms with Crippen LogP contribution in [0, 0.1) is 27.7 Å². The molecule has 1 N–H and O–H groups in total. The van der Waals surface area contributed by atoms with E-state index in [1.807, 2.05) is 81.7 Å². The maximum Gasteiger partial charge on any atom is 0.141 e. The van der Waals surface area contributed by atoms with Crippen LogP contribution in [-0.4, -0.2) is 79.6 Å². The van der Waals surface area contributed by atoms with Gasteiger partial charge in [-0.25, -0.2) is 18.7 Å². The second-order valence-electron chi connectivity index (χ2n) is 14.5. The van der Waals surface area contributed by atoms with Gasteiger partial charge in [0, 0.05) is 69.3 Å². The zero-order valence-corrected chi connectivity index (χ0v) is 34.7.